The van der Waals surface area contributed by atoms with Crippen molar-refractivity contribution in [3.05, 3.63) is 35.4 Å². The molecule has 0 spiro atoms. The molecule has 1 aliphatic rings. The number of nitriles is 1. The van der Waals surface area contributed by atoms with Crippen molar-refractivity contribution >= 4 is 11.9 Å². The number of hydrogen-bond donors (Lipinski definition) is 0. The van der Waals surface area contributed by atoms with Gasteiger partial charge in [-0.2, -0.15) is 5.26 Å². The molecule has 4 nitrogen and oxygen atoms in total. The molecule has 1 heterocycles. The highest BCUT2D eigenvalue weighted by molar-refractivity contribution is 6.06. The Balaban J connectivity index is 2.29. The van der Waals surface area contributed by atoms with Gasteiger partial charge in [0.2, 0.25) is 5.90 Å². The van der Waals surface area contributed by atoms with Gasteiger partial charge in [-0.3, -0.25) is 0 Å². The average molecular weight is 200 g/mol. The molecule has 1 aliphatic heterocycles. The van der Waals surface area contributed by atoms with E-state index in [4.69, 9.17) is 10.00 Å². The second-order valence-electron chi connectivity index (χ2n) is 3.22. The maximum absolute atomic E-state index is 11.1. The van der Waals surface area contributed by atoms with Gasteiger partial charge in [0.15, 0.2) is 0 Å². The molecular weight excluding hydrogens is 192 g/mol. The van der Waals surface area contributed by atoms with E-state index in [-0.39, 0.29) is 5.97 Å². The van der Waals surface area contributed by atoms with Gasteiger partial charge in [-0.15, -0.1) is 0 Å². The molecule has 15 heavy (non-hydrogen) atoms. The number of aliphatic imine (C=N–C) groups is 1. The summed E-state index contributed by atoms with van der Waals surface area (Å²) in [6.45, 7) is 1.68. The van der Waals surface area contributed by atoms with Crippen molar-refractivity contribution in [1.82, 2.24) is 0 Å². The first-order valence-electron chi connectivity index (χ1n) is 4.51. The summed E-state index contributed by atoms with van der Waals surface area (Å²) in [5.41, 5.74) is 1.28. The van der Waals surface area contributed by atoms with E-state index in [0.717, 1.165) is 0 Å². The standard InChI is InChI=1S/C11H8N2O2/c1-7-11(14)15-10(13-7)9-4-2-8(6-12)3-5-9/h2-5,7H,1H3/t7-/m0/s1. The Morgan fingerprint density at radius 2 is 2.07 bits per heavy atom. The molecule has 74 valence electrons. The van der Waals surface area contributed by atoms with Crippen LogP contribution in [0, 0.1) is 11.3 Å². The molecule has 0 unspecified atom stereocenters. The molecule has 1 atom stereocenters. The lowest BCUT2D eigenvalue weighted by Gasteiger charge is -1.98. The van der Waals surface area contributed by atoms with Crippen LogP contribution in [0.2, 0.25) is 0 Å². The molecule has 0 bridgehead atoms. The Bertz CT molecular complexity index is 468. The minimum Gasteiger partial charge on any atom is -0.406 e. The van der Waals surface area contributed by atoms with Crippen LogP contribution in [-0.4, -0.2) is 17.9 Å². The quantitative estimate of drug-likeness (QED) is 0.641. The van der Waals surface area contributed by atoms with Crippen LogP contribution in [0.5, 0.6) is 0 Å². The average Bonchev–Trinajstić information content (AvgIpc) is 2.59. The van der Waals surface area contributed by atoms with Crippen LogP contribution >= 0.6 is 0 Å². The predicted octanol–water partition coefficient (Wildman–Crippen LogP) is 1.25. The van der Waals surface area contributed by atoms with Gasteiger partial charge >= 0.3 is 5.97 Å². The molecule has 1 aromatic carbocycles. The summed E-state index contributed by atoms with van der Waals surface area (Å²) in [4.78, 5) is 15.1. The van der Waals surface area contributed by atoms with Crippen molar-refractivity contribution in [2.75, 3.05) is 0 Å². The number of esters is 1. The topological polar surface area (TPSA) is 62.4 Å². The van der Waals surface area contributed by atoms with Gasteiger partial charge in [0.1, 0.15) is 6.04 Å². The van der Waals surface area contributed by atoms with Gasteiger partial charge in [-0.25, -0.2) is 9.79 Å². The zero-order valence-electron chi connectivity index (χ0n) is 8.10. The van der Waals surface area contributed by atoms with E-state index in [0.29, 0.717) is 17.0 Å². The summed E-state index contributed by atoms with van der Waals surface area (Å²) >= 11 is 0. The van der Waals surface area contributed by atoms with Crippen LogP contribution in [0.4, 0.5) is 0 Å². The molecule has 0 saturated heterocycles. The minimum absolute atomic E-state index is 0.331. The third-order valence-electron chi connectivity index (χ3n) is 2.11. The molecule has 2 rings (SSSR count). The van der Waals surface area contributed by atoms with Crippen molar-refractivity contribution < 1.29 is 9.53 Å². The van der Waals surface area contributed by atoms with Gasteiger partial charge in [-0.05, 0) is 31.2 Å². The highest BCUT2D eigenvalue weighted by Crippen LogP contribution is 2.13. The largest absolute Gasteiger partial charge is 0.406 e. The van der Waals surface area contributed by atoms with Crippen LogP contribution in [0.3, 0.4) is 0 Å². The summed E-state index contributed by atoms with van der Waals surface area (Å²) in [5, 5.41) is 8.61. The molecule has 0 N–H and O–H groups in total. The predicted molar refractivity (Wildman–Crippen MR) is 53.2 cm³/mol. The zero-order chi connectivity index (χ0) is 10.8. The van der Waals surface area contributed by atoms with E-state index in [1.807, 2.05) is 6.07 Å². The van der Waals surface area contributed by atoms with Gasteiger partial charge in [0.05, 0.1) is 11.6 Å². The first-order chi connectivity index (χ1) is 7.20. The molecule has 0 radical (unpaired) electrons. The molecular formula is C11H8N2O2. The third-order valence-corrected chi connectivity index (χ3v) is 2.11. The van der Waals surface area contributed by atoms with Crippen molar-refractivity contribution in [3.63, 3.8) is 0 Å². The molecule has 0 aliphatic carbocycles. The number of ether oxygens (including phenoxy) is 1. The van der Waals surface area contributed by atoms with Gasteiger partial charge in [-0.1, -0.05) is 0 Å². The van der Waals surface area contributed by atoms with E-state index in [2.05, 4.69) is 4.99 Å². The van der Waals surface area contributed by atoms with E-state index in [9.17, 15) is 4.79 Å². The number of hydrogen-bond acceptors (Lipinski definition) is 4. The molecule has 4 heteroatoms. The highest BCUT2D eigenvalue weighted by Gasteiger charge is 2.25. The Hall–Kier alpha value is -2.15. The number of carbonyl (C=O) groups excluding carboxylic acids is 1. The number of cyclic esters (lactones) is 1. The molecule has 1 aromatic rings. The lowest BCUT2D eigenvalue weighted by Crippen LogP contribution is -2.10. The highest BCUT2D eigenvalue weighted by atomic mass is 16.6. The Morgan fingerprint density at radius 1 is 1.40 bits per heavy atom. The number of benzene rings is 1. The van der Waals surface area contributed by atoms with Gasteiger partial charge in [0.25, 0.3) is 0 Å². The molecule has 0 saturated carbocycles. The van der Waals surface area contributed by atoms with Gasteiger partial charge in [0, 0.05) is 5.56 Å². The fraction of sp³-hybridized carbons (Fsp3) is 0.182. The summed E-state index contributed by atoms with van der Waals surface area (Å²) in [7, 11) is 0. The summed E-state index contributed by atoms with van der Waals surface area (Å²) < 4.78 is 4.96. The van der Waals surface area contributed by atoms with E-state index >= 15 is 0 Å². The summed E-state index contributed by atoms with van der Waals surface area (Å²) in [6.07, 6.45) is 0. The lowest BCUT2D eigenvalue weighted by molar-refractivity contribution is -0.134. The van der Waals surface area contributed by atoms with E-state index < -0.39 is 6.04 Å². The second kappa shape index (κ2) is 3.54. The number of nitrogens with zero attached hydrogens (tertiary/aromatic N) is 2. The first kappa shape index (κ1) is 9.41. The smallest absolute Gasteiger partial charge is 0.337 e. The maximum Gasteiger partial charge on any atom is 0.337 e. The van der Waals surface area contributed by atoms with Crippen LogP contribution in [0.15, 0.2) is 29.3 Å². The van der Waals surface area contributed by atoms with E-state index in [1.165, 1.54) is 0 Å². The Labute approximate surface area is 86.8 Å². The Morgan fingerprint density at radius 3 is 2.53 bits per heavy atom. The second-order valence-corrected chi connectivity index (χ2v) is 3.22. The Kier molecular flexibility index (Phi) is 2.22. The lowest BCUT2D eigenvalue weighted by atomic mass is 10.1. The van der Waals surface area contributed by atoms with Crippen LogP contribution in [-0.2, 0) is 9.53 Å². The minimum atomic E-state index is -0.435. The maximum atomic E-state index is 11.1. The van der Waals surface area contributed by atoms with Crippen LogP contribution in [0.1, 0.15) is 18.1 Å². The van der Waals surface area contributed by atoms with Crippen molar-refractivity contribution in [1.29, 1.82) is 5.26 Å². The SMILES string of the molecule is C[C@@H]1N=C(c2ccc(C#N)cc2)OC1=O. The molecule has 0 fully saturated rings. The first-order valence-corrected chi connectivity index (χ1v) is 4.51. The number of carbonyl (C=O) groups is 1. The summed E-state index contributed by atoms with van der Waals surface area (Å²) in [6, 6.07) is 8.32. The van der Waals surface area contributed by atoms with Crippen LogP contribution in [0.25, 0.3) is 0 Å². The van der Waals surface area contributed by atoms with Crippen LogP contribution < -0.4 is 0 Å². The molecule has 0 amide bonds. The normalized spacial score (nSPS) is 19.3. The monoisotopic (exact) mass is 200 g/mol. The van der Waals surface area contributed by atoms with E-state index in [1.54, 1.807) is 31.2 Å². The third kappa shape index (κ3) is 1.72. The zero-order valence-corrected chi connectivity index (χ0v) is 8.10. The fourth-order valence-corrected chi connectivity index (χ4v) is 1.26. The van der Waals surface area contributed by atoms with Crippen molar-refractivity contribution in [3.8, 4) is 6.07 Å². The van der Waals surface area contributed by atoms with Gasteiger partial charge < -0.3 is 4.74 Å². The fourth-order valence-electron chi connectivity index (χ4n) is 1.26. The molecule has 0 aromatic heterocycles. The van der Waals surface area contributed by atoms with Crippen molar-refractivity contribution in [2.45, 2.75) is 13.0 Å². The van der Waals surface area contributed by atoms with Crippen molar-refractivity contribution in [2.24, 2.45) is 4.99 Å². The summed E-state index contributed by atoms with van der Waals surface area (Å²) in [5.74, 6) is -0.00801. The number of rotatable bonds is 1.